The van der Waals surface area contributed by atoms with Gasteiger partial charge in [0.15, 0.2) is 0 Å². The highest BCUT2D eigenvalue weighted by Crippen LogP contribution is 2.29. The van der Waals surface area contributed by atoms with Crippen molar-refractivity contribution in [2.24, 2.45) is 0 Å². The number of aromatic nitrogens is 4. The van der Waals surface area contributed by atoms with E-state index in [1.165, 1.54) is 6.20 Å². The van der Waals surface area contributed by atoms with Crippen LogP contribution in [0.25, 0.3) is 0 Å². The van der Waals surface area contributed by atoms with E-state index in [1.807, 2.05) is 19.3 Å². The number of nitrogens with zero attached hydrogens (tertiary/aromatic N) is 5. The van der Waals surface area contributed by atoms with Crippen molar-refractivity contribution in [3.8, 4) is 0 Å². The maximum atomic E-state index is 12.9. The van der Waals surface area contributed by atoms with E-state index in [9.17, 15) is 8.42 Å². The molecule has 3 heterocycles. The van der Waals surface area contributed by atoms with Gasteiger partial charge in [0, 0.05) is 50.7 Å². The molecule has 138 valence electrons. The van der Waals surface area contributed by atoms with Gasteiger partial charge >= 0.3 is 0 Å². The lowest BCUT2D eigenvalue weighted by Gasteiger charge is -2.31. The molecule has 1 saturated heterocycles. The first-order valence-electron chi connectivity index (χ1n) is 9.10. The van der Waals surface area contributed by atoms with Gasteiger partial charge in [0.05, 0.1) is 6.20 Å². The van der Waals surface area contributed by atoms with E-state index in [2.05, 4.69) is 21.6 Å². The molecule has 2 aromatic heterocycles. The normalized spacial score (nSPS) is 19.4. The molecule has 0 saturated carbocycles. The van der Waals surface area contributed by atoms with Gasteiger partial charge in [0.1, 0.15) is 10.7 Å². The van der Waals surface area contributed by atoms with Gasteiger partial charge in [-0.3, -0.25) is 4.68 Å². The van der Waals surface area contributed by atoms with Gasteiger partial charge in [0.25, 0.3) is 0 Å². The first kappa shape index (κ1) is 18.1. The summed E-state index contributed by atoms with van der Waals surface area (Å²) in [6.07, 6.45) is 11.0. The zero-order valence-corrected chi connectivity index (χ0v) is 15.8. The summed E-state index contributed by atoms with van der Waals surface area (Å²) in [4.78, 5) is 4.81. The highest BCUT2D eigenvalue weighted by Gasteiger charge is 2.33. The fourth-order valence-electron chi connectivity index (χ4n) is 3.37. The Bertz CT molecular complexity index is 796. The van der Waals surface area contributed by atoms with Crippen LogP contribution in [0, 0.1) is 0 Å². The maximum absolute atomic E-state index is 12.9. The average Bonchev–Trinajstić information content (AvgIpc) is 3.29. The second kappa shape index (κ2) is 7.70. The van der Waals surface area contributed by atoms with Gasteiger partial charge < -0.3 is 4.57 Å². The Morgan fingerprint density at radius 3 is 2.88 bits per heavy atom. The summed E-state index contributed by atoms with van der Waals surface area (Å²) < 4.78 is 31.3. The first-order chi connectivity index (χ1) is 12.1. The van der Waals surface area contributed by atoms with E-state index in [-0.39, 0.29) is 10.8 Å². The Kier molecular flexibility index (Phi) is 5.58. The number of hydrogen-bond donors (Lipinski definition) is 0. The summed E-state index contributed by atoms with van der Waals surface area (Å²) in [6, 6.07) is 0. The van der Waals surface area contributed by atoms with Crippen molar-refractivity contribution in [2.75, 3.05) is 13.1 Å². The maximum Gasteiger partial charge on any atom is 0.246 e. The fraction of sp³-hybridized carbons (Fsp3) is 0.647. The number of unbranched alkanes of at least 4 members (excludes halogenated alkanes) is 1. The Labute approximate surface area is 149 Å². The molecule has 0 aliphatic carbocycles. The van der Waals surface area contributed by atoms with Crippen molar-refractivity contribution in [3.63, 3.8) is 0 Å². The zero-order chi connectivity index (χ0) is 17.9. The zero-order valence-electron chi connectivity index (χ0n) is 15.0. The van der Waals surface area contributed by atoms with Gasteiger partial charge in [-0.2, -0.15) is 9.40 Å². The van der Waals surface area contributed by atoms with Crippen molar-refractivity contribution in [3.05, 3.63) is 30.6 Å². The molecule has 1 aliphatic rings. The SMILES string of the molecule is CCCCn1ccnc1[C@H]1CCCN(S(=O)(=O)c2cnn(CC)c2)C1. The number of hydrogen-bond acceptors (Lipinski definition) is 4. The van der Waals surface area contributed by atoms with Crippen LogP contribution >= 0.6 is 0 Å². The number of rotatable bonds is 7. The van der Waals surface area contributed by atoms with Crippen LogP contribution in [0.1, 0.15) is 51.3 Å². The molecule has 7 nitrogen and oxygen atoms in total. The molecule has 0 spiro atoms. The molecule has 2 aromatic rings. The second-order valence-electron chi connectivity index (χ2n) is 6.57. The van der Waals surface area contributed by atoms with Crippen molar-refractivity contribution in [1.29, 1.82) is 0 Å². The minimum absolute atomic E-state index is 0.150. The van der Waals surface area contributed by atoms with Gasteiger partial charge in [-0.15, -0.1) is 0 Å². The van der Waals surface area contributed by atoms with Crippen molar-refractivity contribution in [2.45, 2.75) is 63.4 Å². The van der Waals surface area contributed by atoms with Crippen LogP contribution in [0.3, 0.4) is 0 Å². The monoisotopic (exact) mass is 365 g/mol. The highest BCUT2D eigenvalue weighted by atomic mass is 32.2. The summed E-state index contributed by atoms with van der Waals surface area (Å²) in [5.41, 5.74) is 0. The van der Waals surface area contributed by atoms with Crippen LogP contribution in [0.15, 0.2) is 29.7 Å². The van der Waals surface area contributed by atoms with E-state index in [0.29, 0.717) is 19.6 Å². The average molecular weight is 366 g/mol. The predicted molar refractivity (Wildman–Crippen MR) is 95.8 cm³/mol. The van der Waals surface area contributed by atoms with Crippen LogP contribution in [0.2, 0.25) is 0 Å². The lowest BCUT2D eigenvalue weighted by atomic mass is 9.99. The smallest absolute Gasteiger partial charge is 0.246 e. The molecule has 0 amide bonds. The molecule has 0 bridgehead atoms. The van der Waals surface area contributed by atoms with Gasteiger partial charge in [-0.1, -0.05) is 13.3 Å². The molecule has 0 aromatic carbocycles. The van der Waals surface area contributed by atoms with E-state index in [1.54, 1.807) is 15.2 Å². The standard InChI is InChI=1S/C17H27N5O2S/c1-3-5-9-20-11-8-18-17(20)15-7-6-10-22(13-15)25(23,24)16-12-19-21(4-2)14-16/h8,11-12,14-15H,3-7,9-10,13H2,1-2H3/t15-/m0/s1. The van der Waals surface area contributed by atoms with Crippen molar-refractivity contribution < 1.29 is 8.42 Å². The van der Waals surface area contributed by atoms with Crippen LogP contribution in [-0.4, -0.2) is 45.1 Å². The number of imidazole rings is 1. The Morgan fingerprint density at radius 1 is 1.32 bits per heavy atom. The third-order valence-corrected chi connectivity index (χ3v) is 6.64. The lowest BCUT2D eigenvalue weighted by Crippen LogP contribution is -2.39. The molecule has 8 heteroatoms. The Hall–Kier alpha value is -1.67. The van der Waals surface area contributed by atoms with E-state index in [0.717, 1.165) is 38.1 Å². The summed E-state index contributed by atoms with van der Waals surface area (Å²) in [6.45, 7) is 6.76. The van der Waals surface area contributed by atoms with E-state index in [4.69, 9.17) is 0 Å². The predicted octanol–water partition coefficient (Wildman–Crippen LogP) is 2.47. The minimum atomic E-state index is -3.49. The minimum Gasteiger partial charge on any atom is -0.335 e. The second-order valence-corrected chi connectivity index (χ2v) is 8.50. The quantitative estimate of drug-likeness (QED) is 0.755. The van der Waals surface area contributed by atoms with Crippen LogP contribution < -0.4 is 0 Å². The van der Waals surface area contributed by atoms with Gasteiger partial charge in [-0.25, -0.2) is 13.4 Å². The number of piperidine rings is 1. The molecule has 0 unspecified atom stereocenters. The molecule has 1 aliphatic heterocycles. The molecular weight excluding hydrogens is 338 g/mol. The molecule has 0 N–H and O–H groups in total. The summed E-state index contributed by atoms with van der Waals surface area (Å²) in [7, 11) is -3.49. The number of aryl methyl sites for hydroxylation is 2. The topological polar surface area (TPSA) is 73.0 Å². The molecule has 3 rings (SSSR count). The summed E-state index contributed by atoms with van der Waals surface area (Å²) in [5, 5.41) is 4.11. The van der Waals surface area contributed by atoms with Gasteiger partial charge in [0.2, 0.25) is 10.0 Å². The van der Waals surface area contributed by atoms with Gasteiger partial charge in [-0.05, 0) is 26.2 Å². The van der Waals surface area contributed by atoms with Crippen molar-refractivity contribution >= 4 is 10.0 Å². The van der Waals surface area contributed by atoms with Crippen LogP contribution in [-0.2, 0) is 23.1 Å². The van der Waals surface area contributed by atoms with E-state index < -0.39 is 10.0 Å². The summed E-state index contributed by atoms with van der Waals surface area (Å²) in [5.74, 6) is 1.16. The number of sulfonamides is 1. The molecular formula is C17H27N5O2S. The van der Waals surface area contributed by atoms with Crippen molar-refractivity contribution in [1.82, 2.24) is 23.6 Å². The Morgan fingerprint density at radius 2 is 2.16 bits per heavy atom. The lowest BCUT2D eigenvalue weighted by molar-refractivity contribution is 0.304. The Balaban J connectivity index is 1.78. The molecule has 0 radical (unpaired) electrons. The van der Waals surface area contributed by atoms with Crippen LogP contribution in [0.4, 0.5) is 0 Å². The molecule has 25 heavy (non-hydrogen) atoms. The third kappa shape index (κ3) is 3.79. The van der Waals surface area contributed by atoms with E-state index >= 15 is 0 Å². The van der Waals surface area contributed by atoms with Crippen LogP contribution in [0.5, 0.6) is 0 Å². The molecule has 1 fully saturated rings. The highest BCUT2D eigenvalue weighted by molar-refractivity contribution is 7.89. The third-order valence-electron chi connectivity index (χ3n) is 4.82. The summed E-state index contributed by atoms with van der Waals surface area (Å²) >= 11 is 0. The largest absolute Gasteiger partial charge is 0.335 e. The molecule has 1 atom stereocenters. The first-order valence-corrected chi connectivity index (χ1v) is 10.5. The fourth-order valence-corrected chi connectivity index (χ4v) is 4.85.